The Morgan fingerprint density at radius 2 is 2.14 bits per heavy atom. The highest BCUT2D eigenvalue weighted by Crippen LogP contribution is 2.17. The summed E-state index contributed by atoms with van der Waals surface area (Å²) in [6.45, 7) is 0. The third-order valence-corrected chi connectivity index (χ3v) is 2.01. The topological polar surface area (TPSA) is 66.6 Å². The van der Waals surface area contributed by atoms with E-state index in [1.807, 2.05) is 25.1 Å². The van der Waals surface area contributed by atoms with Gasteiger partial charge in [0, 0.05) is 19.8 Å². The molecule has 0 spiro atoms. The highest BCUT2D eigenvalue weighted by Gasteiger charge is 2.14. The molecule has 0 aliphatic carbocycles. The predicted octanol–water partition coefficient (Wildman–Crippen LogP) is 0.837. The first kappa shape index (κ1) is 10.5. The summed E-state index contributed by atoms with van der Waals surface area (Å²) in [5, 5.41) is 8.73. The summed E-state index contributed by atoms with van der Waals surface area (Å²) in [4.78, 5) is 12.5. The van der Waals surface area contributed by atoms with Gasteiger partial charge in [-0.05, 0) is 17.7 Å². The van der Waals surface area contributed by atoms with Crippen LogP contribution in [0.3, 0.4) is 0 Å². The molecule has 0 aromatic heterocycles. The lowest BCUT2D eigenvalue weighted by Gasteiger charge is -2.14. The first-order valence-electron chi connectivity index (χ1n) is 4.28. The van der Waals surface area contributed by atoms with Gasteiger partial charge in [-0.3, -0.25) is 4.79 Å². The summed E-state index contributed by atoms with van der Waals surface area (Å²) in [6, 6.07) is 6.24. The lowest BCUT2D eigenvalue weighted by Crippen LogP contribution is -2.21. The molecule has 76 valence electrons. The van der Waals surface area contributed by atoms with Gasteiger partial charge in [-0.2, -0.15) is 0 Å². The minimum atomic E-state index is -1.01. The van der Waals surface area contributed by atoms with E-state index >= 15 is 0 Å². The maximum absolute atomic E-state index is 10.6. The number of nitrogens with zero attached hydrogens (tertiary/aromatic N) is 1. The number of hydrogen-bond acceptors (Lipinski definition) is 3. The first-order chi connectivity index (χ1) is 6.52. The van der Waals surface area contributed by atoms with Gasteiger partial charge in [0.15, 0.2) is 0 Å². The van der Waals surface area contributed by atoms with Crippen molar-refractivity contribution in [3.63, 3.8) is 0 Å². The fourth-order valence-corrected chi connectivity index (χ4v) is 1.14. The molecule has 0 radical (unpaired) electrons. The van der Waals surface area contributed by atoms with Crippen molar-refractivity contribution in [1.29, 1.82) is 0 Å². The predicted molar refractivity (Wildman–Crippen MR) is 55.3 cm³/mol. The highest BCUT2D eigenvalue weighted by atomic mass is 16.4. The van der Waals surface area contributed by atoms with Gasteiger partial charge in [-0.1, -0.05) is 12.1 Å². The third kappa shape index (κ3) is 2.23. The van der Waals surface area contributed by atoms with E-state index in [-0.39, 0.29) is 0 Å². The van der Waals surface area contributed by atoms with Crippen LogP contribution in [0.25, 0.3) is 0 Å². The molecule has 4 nitrogen and oxygen atoms in total. The van der Waals surface area contributed by atoms with E-state index in [9.17, 15) is 4.79 Å². The van der Waals surface area contributed by atoms with Crippen molar-refractivity contribution in [2.24, 2.45) is 5.73 Å². The van der Waals surface area contributed by atoms with E-state index in [1.54, 1.807) is 18.2 Å². The second kappa shape index (κ2) is 4.11. The molecule has 0 saturated heterocycles. The first-order valence-corrected chi connectivity index (χ1v) is 4.28. The SMILES string of the molecule is CN(C)c1cccc([C@@H](N)C(=O)O)c1. The summed E-state index contributed by atoms with van der Waals surface area (Å²) in [5.41, 5.74) is 7.05. The molecule has 1 aromatic rings. The zero-order valence-corrected chi connectivity index (χ0v) is 8.27. The largest absolute Gasteiger partial charge is 0.480 e. The van der Waals surface area contributed by atoms with Crippen molar-refractivity contribution >= 4 is 11.7 Å². The van der Waals surface area contributed by atoms with E-state index in [1.165, 1.54) is 0 Å². The number of benzene rings is 1. The number of aliphatic carboxylic acids is 1. The Balaban J connectivity index is 2.99. The lowest BCUT2D eigenvalue weighted by molar-refractivity contribution is -0.138. The van der Waals surface area contributed by atoms with Crippen LogP contribution >= 0.6 is 0 Å². The van der Waals surface area contributed by atoms with Gasteiger partial charge < -0.3 is 15.7 Å². The fourth-order valence-electron chi connectivity index (χ4n) is 1.14. The Morgan fingerprint density at radius 1 is 1.50 bits per heavy atom. The van der Waals surface area contributed by atoms with Crippen LogP contribution in [0.1, 0.15) is 11.6 Å². The molecule has 14 heavy (non-hydrogen) atoms. The molecule has 4 heteroatoms. The molecule has 0 unspecified atom stereocenters. The van der Waals surface area contributed by atoms with Crippen molar-refractivity contribution in [3.8, 4) is 0 Å². The average molecular weight is 194 g/mol. The molecule has 1 rings (SSSR count). The standard InChI is InChI=1S/C10H14N2O2/c1-12(2)8-5-3-4-7(6-8)9(11)10(13)14/h3-6,9H,11H2,1-2H3,(H,13,14)/t9-/m1/s1. The van der Waals surface area contributed by atoms with Gasteiger partial charge >= 0.3 is 5.97 Å². The number of carboxylic acid groups (broad SMARTS) is 1. The number of carboxylic acids is 1. The Bertz CT molecular complexity index is 337. The summed E-state index contributed by atoms with van der Waals surface area (Å²) in [6.07, 6.45) is 0. The maximum atomic E-state index is 10.6. The Morgan fingerprint density at radius 3 is 2.64 bits per heavy atom. The molecule has 1 aromatic carbocycles. The maximum Gasteiger partial charge on any atom is 0.325 e. The van der Waals surface area contributed by atoms with Gasteiger partial charge in [-0.15, -0.1) is 0 Å². The minimum Gasteiger partial charge on any atom is -0.480 e. The second-order valence-electron chi connectivity index (χ2n) is 3.31. The summed E-state index contributed by atoms with van der Waals surface area (Å²) < 4.78 is 0. The van der Waals surface area contributed by atoms with Crippen molar-refractivity contribution in [2.45, 2.75) is 6.04 Å². The third-order valence-electron chi connectivity index (χ3n) is 2.01. The molecule has 0 bridgehead atoms. The van der Waals surface area contributed by atoms with Gasteiger partial charge in [0.25, 0.3) is 0 Å². The molecule has 0 saturated carbocycles. The molecule has 0 amide bonds. The monoisotopic (exact) mass is 194 g/mol. The number of rotatable bonds is 3. The van der Waals surface area contributed by atoms with E-state index in [2.05, 4.69) is 0 Å². The molecule has 3 N–H and O–H groups in total. The van der Waals surface area contributed by atoms with Gasteiger partial charge in [-0.25, -0.2) is 0 Å². The van der Waals surface area contributed by atoms with E-state index < -0.39 is 12.0 Å². The van der Waals surface area contributed by atoms with Crippen LogP contribution in [0, 0.1) is 0 Å². The molecule has 1 atom stereocenters. The highest BCUT2D eigenvalue weighted by molar-refractivity contribution is 5.75. The van der Waals surface area contributed by atoms with Crippen LogP contribution < -0.4 is 10.6 Å². The second-order valence-corrected chi connectivity index (χ2v) is 3.31. The van der Waals surface area contributed by atoms with Crippen LogP contribution in [-0.4, -0.2) is 25.2 Å². The van der Waals surface area contributed by atoms with E-state index in [4.69, 9.17) is 10.8 Å². The van der Waals surface area contributed by atoms with Crippen LogP contribution in [-0.2, 0) is 4.79 Å². The van der Waals surface area contributed by atoms with Crippen LogP contribution in [0.5, 0.6) is 0 Å². The van der Waals surface area contributed by atoms with Crippen LogP contribution in [0.15, 0.2) is 24.3 Å². The number of anilines is 1. The average Bonchev–Trinajstić information content (AvgIpc) is 2.16. The van der Waals surface area contributed by atoms with Gasteiger partial charge in [0.1, 0.15) is 6.04 Å². The van der Waals surface area contributed by atoms with Crippen molar-refractivity contribution < 1.29 is 9.90 Å². The van der Waals surface area contributed by atoms with Crippen molar-refractivity contribution in [2.75, 3.05) is 19.0 Å². The summed E-state index contributed by atoms with van der Waals surface area (Å²) in [7, 11) is 3.79. The molecule has 0 fully saturated rings. The molecular weight excluding hydrogens is 180 g/mol. The van der Waals surface area contributed by atoms with E-state index in [0.29, 0.717) is 5.56 Å². The van der Waals surface area contributed by atoms with Crippen molar-refractivity contribution in [1.82, 2.24) is 0 Å². The van der Waals surface area contributed by atoms with Crippen LogP contribution in [0.4, 0.5) is 5.69 Å². The zero-order valence-electron chi connectivity index (χ0n) is 8.27. The fraction of sp³-hybridized carbons (Fsp3) is 0.300. The normalized spacial score (nSPS) is 12.2. The smallest absolute Gasteiger partial charge is 0.325 e. The molecule has 0 heterocycles. The van der Waals surface area contributed by atoms with Crippen LogP contribution in [0.2, 0.25) is 0 Å². The van der Waals surface area contributed by atoms with Gasteiger partial charge in [0.2, 0.25) is 0 Å². The Labute approximate surface area is 82.9 Å². The zero-order chi connectivity index (χ0) is 10.7. The molecule has 0 aliphatic rings. The number of carbonyl (C=O) groups is 1. The van der Waals surface area contributed by atoms with E-state index in [0.717, 1.165) is 5.69 Å². The minimum absolute atomic E-state index is 0.615. The quantitative estimate of drug-likeness (QED) is 0.748. The number of hydrogen-bond donors (Lipinski definition) is 2. The lowest BCUT2D eigenvalue weighted by atomic mass is 10.1. The molecule has 0 aliphatic heterocycles. The van der Waals surface area contributed by atoms with Gasteiger partial charge in [0.05, 0.1) is 0 Å². The van der Waals surface area contributed by atoms with Crippen molar-refractivity contribution in [3.05, 3.63) is 29.8 Å². The number of nitrogens with two attached hydrogens (primary N) is 1. The summed E-state index contributed by atoms with van der Waals surface area (Å²) >= 11 is 0. The molecular formula is C10H14N2O2. The summed E-state index contributed by atoms with van der Waals surface area (Å²) in [5.74, 6) is -1.01. The Kier molecular flexibility index (Phi) is 3.09. The Hall–Kier alpha value is -1.55.